The van der Waals surface area contributed by atoms with Crippen molar-refractivity contribution < 1.29 is 13.9 Å². The molecule has 0 aliphatic rings. The highest BCUT2D eigenvalue weighted by Gasteiger charge is 2.00. The Bertz CT molecular complexity index is 411. The van der Waals surface area contributed by atoms with Crippen molar-refractivity contribution in [3.63, 3.8) is 0 Å². The number of unbranched alkanes of at least 4 members (excludes halogenated alkanes) is 1. The molecule has 0 unspecified atom stereocenters. The van der Waals surface area contributed by atoms with Gasteiger partial charge in [0.25, 0.3) is 0 Å². The fourth-order valence-electron chi connectivity index (χ4n) is 1.93. The average molecular weight is 453 g/mol. The van der Waals surface area contributed by atoms with Crippen molar-refractivity contribution in [2.24, 2.45) is 4.99 Å². The van der Waals surface area contributed by atoms with Crippen LogP contribution in [-0.4, -0.2) is 52.0 Å². The van der Waals surface area contributed by atoms with Gasteiger partial charge in [-0.1, -0.05) is 0 Å². The van der Waals surface area contributed by atoms with Crippen LogP contribution in [0.15, 0.2) is 27.8 Å². The minimum Gasteiger partial charge on any atom is -0.469 e. The molecular weight excluding hydrogens is 421 g/mol. The quantitative estimate of drug-likeness (QED) is 0.221. The minimum absolute atomic E-state index is 0. The van der Waals surface area contributed by atoms with Gasteiger partial charge >= 0.3 is 0 Å². The number of methoxy groups -OCH3 is 1. The first kappa shape index (κ1) is 23.2. The van der Waals surface area contributed by atoms with E-state index in [0.29, 0.717) is 12.7 Å². The zero-order chi connectivity index (χ0) is 16.8. The molecule has 140 valence electrons. The number of hydrogen-bond acceptors (Lipinski definition) is 4. The molecule has 24 heavy (non-hydrogen) atoms. The Morgan fingerprint density at radius 2 is 2.00 bits per heavy atom. The molecule has 2 N–H and O–H groups in total. The molecule has 0 fully saturated rings. The third-order valence-corrected chi connectivity index (χ3v) is 3.12. The van der Waals surface area contributed by atoms with E-state index in [1.165, 1.54) is 0 Å². The third-order valence-electron chi connectivity index (χ3n) is 3.12. The van der Waals surface area contributed by atoms with Crippen LogP contribution in [0, 0.1) is 0 Å². The van der Waals surface area contributed by atoms with E-state index in [0.717, 1.165) is 57.2 Å². The Morgan fingerprint density at radius 1 is 1.21 bits per heavy atom. The summed E-state index contributed by atoms with van der Waals surface area (Å²) in [6, 6.07) is 3.88. The number of furan rings is 1. The van der Waals surface area contributed by atoms with E-state index in [-0.39, 0.29) is 24.0 Å². The van der Waals surface area contributed by atoms with Crippen LogP contribution >= 0.6 is 24.0 Å². The van der Waals surface area contributed by atoms with Gasteiger partial charge in [-0.15, -0.1) is 24.0 Å². The van der Waals surface area contributed by atoms with Crippen LogP contribution in [0.25, 0.3) is 0 Å². The van der Waals surface area contributed by atoms with Gasteiger partial charge in [0.05, 0.1) is 19.0 Å². The van der Waals surface area contributed by atoms with Gasteiger partial charge in [0.2, 0.25) is 0 Å². The SMILES string of the molecule is COCCNC(=NCCCCOC(C)C)NCCc1ccco1.I. The molecule has 0 saturated heterocycles. The van der Waals surface area contributed by atoms with Crippen LogP contribution < -0.4 is 10.6 Å². The number of nitrogens with zero attached hydrogens (tertiary/aromatic N) is 1. The van der Waals surface area contributed by atoms with Crippen LogP contribution in [0.2, 0.25) is 0 Å². The Morgan fingerprint density at radius 3 is 2.67 bits per heavy atom. The van der Waals surface area contributed by atoms with Crippen molar-refractivity contribution in [3.05, 3.63) is 24.2 Å². The molecule has 0 radical (unpaired) electrons. The second-order valence-electron chi connectivity index (χ2n) is 5.53. The van der Waals surface area contributed by atoms with Gasteiger partial charge in [0, 0.05) is 39.8 Å². The molecule has 0 atom stereocenters. The maximum atomic E-state index is 5.53. The van der Waals surface area contributed by atoms with E-state index < -0.39 is 0 Å². The first-order valence-electron chi connectivity index (χ1n) is 8.37. The lowest BCUT2D eigenvalue weighted by molar-refractivity contribution is 0.0763. The van der Waals surface area contributed by atoms with E-state index in [1.807, 2.05) is 12.1 Å². The van der Waals surface area contributed by atoms with Crippen molar-refractivity contribution in [2.45, 2.75) is 39.2 Å². The van der Waals surface area contributed by atoms with E-state index in [1.54, 1.807) is 13.4 Å². The lowest BCUT2D eigenvalue weighted by atomic mass is 10.3. The molecule has 0 aromatic carbocycles. The minimum atomic E-state index is 0. The fraction of sp³-hybridized carbons (Fsp3) is 0.706. The summed E-state index contributed by atoms with van der Waals surface area (Å²) in [5.41, 5.74) is 0. The van der Waals surface area contributed by atoms with Crippen molar-refractivity contribution in [3.8, 4) is 0 Å². The van der Waals surface area contributed by atoms with Crippen LogP contribution in [-0.2, 0) is 15.9 Å². The van der Waals surface area contributed by atoms with Gasteiger partial charge in [-0.25, -0.2) is 0 Å². The van der Waals surface area contributed by atoms with Crippen LogP contribution in [0.5, 0.6) is 0 Å². The highest BCUT2D eigenvalue weighted by atomic mass is 127. The Hall–Kier alpha value is -0.800. The van der Waals surface area contributed by atoms with Crippen molar-refractivity contribution in [2.75, 3.05) is 40.0 Å². The van der Waals surface area contributed by atoms with Crippen molar-refractivity contribution in [1.29, 1.82) is 0 Å². The molecule has 0 amide bonds. The van der Waals surface area contributed by atoms with Crippen molar-refractivity contribution >= 4 is 29.9 Å². The highest BCUT2D eigenvalue weighted by molar-refractivity contribution is 14.0. The summed E-state index contributed by atoms with van der Waals surface area (Å²) in [7, 11) is 1.69. The molecule has 6 nitrogen and oxygen atoms in total. The molecule has 0 spiro atoms. The number of guanidine groups is 1. The van der Waals surface area contributed by atoms with Gasteiger partial charge in [-0.05, 0) is 38.8 Å². The molecule has 1 aromatic rings. The number of aliphatic imine (C=N–C) groups is 1. The lowest BCUT2D eigenvalue weighted by Crippen LogP contribution is -2.40. The molecule has 1 rings (SSSR count). The van der Waals surface area contributed by atoms with Crippen LogP contribution in [0.4, 0.5) is 0 Å². The summed E-state index contributed by atoms with van der Waals surface area (Å²) >= 11 is 0. The lowest BCUT2D eigenvalue weighted by Gasteiger charge is -2.12. The van der Waals surface area contributed by atoms with Crippen LogP contribution in [0.3, 0.4) is 0 Å². The van der Waals surface area contributed by atoms with Gasteiger partial charge in [-0.3, -0.25) is 4.99 Å². The number of halogens is 1. The number of rotatable bonds is 12. The van der Waals surface area contributed by atoms with Crippen molar-refractivity contribution in [1.82, 2.24) is 10.6 Å². The summed E-state index contributed by atoms with van der Waals surface area (Å²) in [4.78, 5) is 4.58. The summed E-state index contributed by atoms with van der Waals surface area (Å²) < 4.78 is 15.9. The van der Waals surface area contributed by atoms with E-state index in [2.05, 4.69) is 29.5 Å². The maximum absolute atomic E-state index is 5.53. The van der Waals surface area contributed by atoms with Gasteiger partial charge in [0.1, 0.15) is 5.76 Å². The van der Waals surface area contributed by atoms with Gasteiger partial charge < -0.3 is 24.5 Å². The van der Waals surface area contributed by atoms with Crippen LogP contribution in [0.1, 0.15) is 32.4 Å². The second-order valence-corrected chi connectivity index (χ2v) is 5.53. The molecule has 0 saturated carbocycles. The predicted molar refractivity (Wildman–Crippen MR) is 108 cm³/mol. The Labute approximate surface area is 162 Å². The first-order chi connectivity index (χ1) is 11.2. The number of nitrogens with one attached hydrogen (secondary N) is 2. The summed E-state index contributed by atoms with van der Waals surface area (Å²) in [6.07, 6.45) is 4.87. The maximum Gasteiger partial charge on any atom is 0.191 e. The van der Waals surface area contributed by atoms with E-state index >= 15 is 0 Å². The Kier molecular flexibility index (Phi) is 15.2. The zero-order valence-corrected chi connectivity index (χ0v) is 17.4. The van der Waals surface area contributed by atoms with E-state index in [9.17, 15) is 0 Å². The third kappa shape index (κ3) is 12.6. The molecule has 0 bridgehead atoms. The standard InChI is InChI=1S/C17H31N3O3.HI/c1-15(2)22-12-5-4-9-18-17(20-11-14-21-3)19-10-8-16-7-6-13-23-16;/h6-7,13,15H,4-5,8-12,14H2,1-3H3,(H2,18,19,20);1H. The molecule has 0 aliphatic heterocycles. The molecule has 1 aromatic heterocycles. The average Bonchev–Trinajstić information content (AvgIpc) is 3.03. The monoisotopic (exact) mass is 453 g/mol. The summed E-state index contributed by atoms with van der Waals surface area (Å²) in [5.74, 6) is 1.79. The molecular formula is C17H32IN3O3. The molecule has 1 heterocycles. The fourth-order valence-corrected chi connectivity index (χ4v) is 1.93. The number of hydrogen-bond donors (Lipinski definition) is 2. The smallest absolute Gasteiger partial charge is 0.191 e. The molecule has 7 heteroatoms. The van der Waals surface area contributed by atoms with Gasteiger partial charge in [0.15, 0.2) is 5.96 Å². The second kappa shape index (κ2) is 15.7. The number of ether oxygens (including phenoxy) is 2. The Balaban J connectivity index is 0.00000529. The highest BCUT2D eigenvalue weighted by Crippen LogP contribution is 1.99. The normalized spacial score (nSPS) is 11.4. The van der Waals surface area contributed by atoms with Gasteiger partial charge in [-0.2, -0.15) is 0 Å². The topological polar surface area (TPSA) is 68.0 Å². The summed E-state index contributed by atoms with van der Waals surface area (Å²) in [6.45, 7) is 7.86. The zero-order valence-electron chi connectivity index (χ0n) is 15.0. The first-order valence-corrected chi connectivity index (χ1v) is 8.37. The van der Waals surface area contributed by atoms with E-state index in [4.69, 9.17) is 13.9 Å². The summed E-state index contributed by atoms with van der Waals surface area (Å²) in [5, 5.41) is 6.58. The molecule has 0 aliphatic carbocycles. The largest absolute Gasteiger partial charge is 0.469 e. The predicted octanol–water partition coefficient (Wildman–Crippen LogP) is 2.83.